The quantitative estimate of drug-likeness (QED) is 0.518. The first-order valence-corrected chi connectivity index (χ1v) is 5.97. The molecule has 0 amide bonds. The molecule has 0 aromatic heterocycles. The lowest BCUT2D eigenvalue weighted by Crippen LogP contribution is -2.09. The molecule has 0 bridgehead atoms. The Bertz CT molecular complexity index is 707. The molecule has 0 radical (unpaired) electrons. The number of nitrogens with two attached hydrogens (primary N) is 1. The van der Waals surface area contributed by atoms with Crippen molar-refractivity contribution < 1.29 is 22.4 Å². The summed E-state index contributed by atoms with van der Waals surface area (Å²) < 4.78 is 51.1. The monoisotopic (exact) mass is 297 g/mol. The number of hydrogen-bond acceptors (Lipinski definition) is 2. The van der Waals surface area contributed by atoms with Gasteiger partial charge in [-0.3, -0.25) is 4.79 Å². The molecule has 2 rings (SSSR count). The molecule has 110 valence electrons. The Kier molecular flexibility index (Phi) is 3.72. The maximum Gasteiger partial charge on any atom is 0.416 e. The van der Waals surface area contributed by atoms with Gasteiger partial charge in [0.25, 0.3) is 0 Å². The van der Waals surface area contributed by atoms with Crippen LogP contribution in [0, 0.1) is 12.7 Å². The molecule has 0 aliphatic rings. The molecule has 0 atom stereocenters. The standard InChI is InChI=1S/C15H11F4NO/c1-8-6-10(15(17,18)19)3-4-11(8)14(21)9-2-5-13(20)12(16)7-9/h2-7H,20H2,1H3. The van der Waals surface area contributed by atoms with Gasteiger partial charge in [0.1, 0.15) is 5.82 Å². The van der Waals surface area contributed by atoms with E-state index in [1.165, 1.54) is 19.1 Å². The van der Waals surface area contributed by atoms with Crippen LogP contribution >= 0.6 is 0 Å². The molecule has 6 heteroatoms. The van der Waals surface area contributed by atoms with Crippen molar-refractivity contribution in [2.45, 2.75) is 13.1 Å². The third-order valence-corrected chi connectivity index (χ3v) is 3.06. The van der Waals surface area contributed by atoms with Gasteiger partial charge < -0.3 is 5.73 Å². The molecule has 2 nitrogen and oxygen atoms in total. The number of alkyl halides is 3. The maximum absolute atomic E-state index is 13.4. The topological polar surface area (TPSA) is 43.1 Å². The molecule has 21 heavy (non-hydrogen) atoms. The Morgan fingerprint density at radius 2 is 1.76 bits per heavy atom. The van der Waals surface area contributed by atoms with Gasteiger partial charge >= 0.3 is 6.18 Å². The molecular weight excluding hydrogens is 286 g/mol. The van der Waals surface area contributed by atoms with Gasteiger partial charge in [0.2, 0.25) is 0 Å². The van der Waals surface area contributed by atoms with Crippen molar-refractivity contribution in [2.24, 2.45) is 0 Å². The number of ketones is 1. The first-order chi connectivity index (χ1) is 9.70. The number of carbonyl (C=O) groups is 1. The van der Waals surface area contributed by atoms with E-state index in [0.29, 0.717) is 0 Å². The molecule has 0 saturated carbocycles. The summed E-state index contributed by atoms with van der Waals surface area (Å²) in [6.45, 7) is 1.40. The van der Waals surface area contributed by atoms with E-state index in [1.54, 1.807) is 0 Å². The molecule has 0 unspecified atom stereocenters. The van der Waals surface area contributed by atoms with Gasteiger partial charge in [-0.2, -0.15) is 13.2 Å². The summed E-state index contributed by atoms with van der Waals surface area (Å²) in [7, 11) is 0. The minimum Gasteiger partial charge on any atom is -0.396 e. The van der Waals surface area contributed by atoms with Crippen molar-refractivity contribution in [3.05, 3.63) is 64.5 Å². The second-order valence-corrected chi connectivity index (χ2v) is 4.59. The fourth-order valence-corrected chi connectivity index (χ4v) is 1.92. The number of rotatable bonds is 2. The van der Waals surface area contributed by atoms with Crippen LogP contribution in [-0.4, -0.2) is 5.78 Å². The van der Waals surface area contributed by atoms with E-state index in [9.17, 15) is 22.4 Å². The molecule has 0 aliphatic heterocycles. The molecule has 0 fully saturated rings. The first kappa shape index (κ1) is 15.0. The smallest absolute Gasteiger partial charge is 0.396 e. The summed E-state index contributed by atoms with van der Waals surface area (Å²) in [5.41, 5.74) is 4.67. The Labute approximate surface area is 118 Å². The zero-order valence-corrected chi connectivity index (χ0v) is 11.0. The summed E-state index contributed by atoms with van der Waals surface area (Å²) in [4.78, 5) is 12.2. The van der Waals surface area contributed by atoms with Crippen molar-refractivity contribution >= 4 is 11.5 Å². The molecule has 2 aromatic carbocycles. The van der Waals surface area contributed by atoms with Crippen molar-refractivity contribution in [3.8, 4) is 0 Å². The predicted octanol–water partition coefficient (Wildman–Crippen LogP) is 3.97. The molecule has 0 aliphatic carbocycles. The number of carbonyl (C=O) groups excluding carboxylic acids is 1. The van der Waals surface area contributed by atoms with Gasteiger partial charge in [0.15, 0.2) is 5.78 Å². The van der Waals surface area contributed by atoms with Crippen LogP contribution in [0.4, 0.5) is 23.2 Å². The second-order valence-electron chi connectivity index (χ2n) is 4.59. The van der Waals surface area contributed by atoms with Gasteiger partial charge in [-0.15, -0.1) is 0 Å². The fraction of sp³-hybridized carbons (Fsp3) is 0.133. The summed E-state index contributed by atoms with van der Waals surface area (Å²) in [6, 6.07) is 6.35. The van der Waals surface area contributed by atoms with Crippen molar-refractivity contribution in [3.63, 3.8) is 0 Å². The minimum atomic E-state index is -4.47. The van der Waals surface area contributed by atoms with E-state index in [2.05, 4.69) is 0 Å². The van der Waals surface area contributed by atoms with Crippen LogP contribution in [-0.2, 0) is 6.18 Å². The fourth-order valence-electron chi connectivity index (χ4n) is 1.92. The molecule has 0 spiro atoms. The van der Waals surface area contributed by atoms with E-state index in [4.69, 9.17) is 5.73 Å². The normalized spacial score (nSPS) is 11.5. The Morgan fingerprint density at radius 1 is 1.10 bits per heavy atom. The highest BCUT2D eigenvalue weighted by molar-refractivity contribution is 6.10. The predicted molar refractivity (Wildman–Crippen MR) is 70.4 cm³/mol. The lowest BCUT2D eigenvalue weighted by molar-refractivity contribution is -0.137. The van der Waals surface area contributed by atoms with Gasteiger partial charge in [0, 0.05) is 11.1 Å². The van der Waals surface area contributed by atoms with Crippen molar-refractivity contribution in [1.82, 2.24) is 0 Å². The Hall–Kier alpha value is -2.37. The number of aryl methyl sites for hydroxylation is 1. The summed E-state index contributed by atoms with van der Waals surface area (Å²) >= 11 is 0. The van der Waals surface area contributed by atoms with E-state index < -0.39 is 23.3 Å². The number of halogens is 4. The average molecular weight is 297 g/mol. The molecular formula is C15H11F4NO. The van der Waals surface area contributed by atoms with Crippen molar-refractivity contribution in [1.29, 1.82) is 0 Å². The van der Waals surface area contributed by atoms with Gasteiger partial charge in [-0.1, -0.05) is 6.07 Å². The van der Waals surface area contributed by atoms with E-state index in [-0.39, 0.29) is 22.4 Å². The number of nitrogen functional groups attached to an aromatic ring is 1. The van der Waals surface area contributed by atoms with E-state index in [1.807, 2.05) is 0 Å². The average Bonchev–Trinajstić information content (AvgIpc) is 2.40. The van der Waals surface area contributed by atoms with Crippen LogP contribution in [0.25, 0.3) is 0 Å². The van der Waals surface area contributed by atoms with Crippen LogP contribution in [0.2, 0.25) is 0 Å². The number of anilines is 1. The van der Waals surface area contributed by atoms with Crippen LogP contribution in [0.3, 0.4) is 0 Å². The number of benzene rings is 2. The SMILES string of the molecule is Cc1cc(C(F)(F)F)ccc1C(=O)c1ccc(N)c(F)c1. The highest BCUT2D eigenvalue weighted by atomic mass is 19.4. The van der Waals surface area contributed by atoms with Gasteiger partial charge in [-0.05, 0) is 42.8 Å². The first-order valence-electron chi connectivity index (χ1n) is 5.97. The van der Waals surface area contributed by atoms with E-state index >= 15 is 0 Å². The highest BCUT2D eigenvalue weighted by Gasteiger charge is 2.31. The second kappa shape index (κ2) is 5.20. The minimum absolute atomic E-state index is 0.0320. The third-order valence-electron chi connectivity index (χ3n) is 3.06. The molecule has 0 saturated heterocycles. The third kappa shape index (κ3) is 3.04. The largest absolute Gasteiger partial charge is 0.416 e. The highest BCUT2D eigenvalue weighted by Crippen LogP contribution is 2.31. The lowest BCUT2D eigenvalue weighted by Gasteiger charge is -2.10. The van der Waals surface area contributed by atoms with Crippen molar-refractivity contribution in [2.75, 3.05) is 5.73 Å². The zero-order valence-electron chi connectivity index (χ0n) is 11.0. The van der Waals surface area contributed by atoms with Gasteiger partial charge in [0.05, 0.1) is 11.3 Å². The zero-order chi connectivity index (χ0) is 15.8. The summed E-state index contributed by atoms with van der Waals surface area (Å²) in [6.07, 6.45) is -4.47. The van der Waals surface area contributed by atoms with Crippen LogP contribution in [0.15, 0.2) is 36.4 Å². The van der Waals surface area contributed by atoms with Gasteiger partial charge in [-0.25, -0.2) is 4.39 Å². The maximum atomic E-state index is 13.4. The summed E-state index contributed by atoms with van der Waals surface area (Å²) in [5.74, 6) is -1.30. The Balaban J connectivity index is 2.42. The number of hydrogen-bond donors (Lipinski definition) is 1. The molecule has 2 N–H and O–H groups in total. The van der Waals surface area contributed by atoms with Crippen LogP contribution in [0.1, 0.15) is 27.0 Å². The molecule has 0 heterocycles. The van der Waals surface area contributed by atoms with Crippen LogP contribution < -0.4 is 5.73 Å². The lowest BCUT2D eigenvalue weighted by atomic mass is 9.97. The molecule has 2 aromatic rings. The Morgan fingerprint density at radius 3 is 2.29 bits per heavy atom. The van der Waals surface area contributed by atoms with E-state index in [0.717, 1.165) is 24.3 Å². The summed E-state index contributed by atoms with van der Waals surface area (Å²) in [5, 5.41) is 0. The van der Waals surface area contributed by atoms with Crippen LogP contribution in [0.5, 0.6) is 0 Å².